The molecule has 104 valence electrons. The maximum atomic E-state index is 11.9. The minimum atomic E-state index is -0.377. The highest BCUT2D eigenvalue weighted by molar-refractivity contribution is 6.04. The van der Waals surface area contributed by atoms with Gasteiger partial charge in [-0.3, -0.25) is 9.48 Å². The Kier molecular flexibility index (Phi) is 4.14. The van der Waals surface area contributed by atoms with Crippen LogP contribution in [0.1, 0.15) is 27.6 Å². The van der Waals surface area contributed by atoms with Crippen LogP contribution in [0, 0.1) is 0 Å². The van der Waals surface area contributed by atoms with E-state index in [-0.39, 0.29) is 11.9 Å². The van der Waals surface area contributed by atoms with Gasteiger partial charge in [-0.05, 0) is 31.2 Å². The molecular formula is C14H15N3O3. The molecule has 0 aliphatic rings. The number of aromatic nitrogens is 2. The summed E-state index contributed by atoms with van der Waals surface area (Å²) in [6.07, 6.45) is 3.12. The quantitative estimate of drug-likeness (QED) is 0.863. The second-order valence-corrected chi connectivity index (χ2v) is 4.15. The minimum Gasteiger partial charge on any atom is -0.462 e. The highest BCUT2D eigenvalue weighted by Gasteiger charge is 2.09. The first-order chi connectivity index (χ1) is 9.60. The number of carbonyl (C=O) groups is 2. The molecule has 1 amide bonds. The van der Waals surface area contributed by atoms with Gasteiger partial charge in [-0.15, -0.1) is 0 Å². The lowest BCUT2D eigenvalue weighted by Crippen LogP contribution is -2.11. The van der Waals surface area contributed by atoms with Gasteiger partial charge in [0.25, 0.3) is 5.91 Å². The molecular weight excluding hydrogens is 258 g/mol. The van der Waals surface area contributed by atoms with E-state index >= 15 is 0 Å². The predicted molar refractivity (Wildman–Crippen MR) is 73.6 cm³/mol. The van der Waals surface area contributed by atoms with Crippen molar-refractivity contribution in [2.75, 3.05) is 11.9 Å². The van der Waals surface area contributed by atoms with Gasteiger partial charge in [-0.1, -0.05) is 0 Å². The number of aryl methyl sites for hydroxylation is 1. The number of hydrogen-bond acceptors (Lipinski definition) is 4. The molecule has 20 heavy (non-hydrogen) atoms. The number of anilines is 1. The molecule has 0 unspecified atom stereocenters. The molecule has 0 fully saturated rings. The molecule has 0 bridgehead atoms. The maximum Gasteiger partial charge on any atom is 0.338 e. The van der Waals surface area contributed by atoms with Crippen LogP contribution < -0.4 is 5.32 Å². The molecule has 0 radical (unpaired) electrons. The zero-order valence-corrected chi connectivity index (χ0v) is 11.3. The second-order valence-electron chi connectivity index (χ2n) is 4.15. The average molecular weight is 273 g/mol. The van der Waals surface area contributed by atoms with Crippen LogP contribution >= 0.6 is 0 Å². The third-order valence-corrected chi connectivity index (χ3v) is 2.62. The maximum absolute atomic E-state index is 11.9. The summed E-state index contributed by atoms with van der Waals surface area (Å²) in [6, 6.07) is 6.52. The molecule has 1 aromatic carbocycles. The van der Waals surface area contributed by atoms with Crippen molar-refractivity contribution in [3.63, 3.8) is 0 Å². The number of rotatable bonds is 4. The van der Waals surface area contributed by atoms with Crippen molar-refractivity contribution in [2.45, 2.75) is 6.92 Å². The summed E-state index contributed by atoms with van der Waals surface area (Å²) in [6.45, 7) is 2.08. The molecule has 6 nitrogen and oxygen atoms in total. The van der Waals surface area contributed by atoms with E-state index < -0.39 is 0 Å². The molecule has 0 saturated carbocycles. The SMILES string of the molecule is CCOC(=O)c1ccc(NC(=O)c2cnn(C)c2)cc1. The van der Waals surface area contributed by atoms with Crippen LogP contribution in [0.2, 0.25) is 0 Å². The Bertz CT molecular complexity index is 617. The van der Waals surface area contributed by atoms with Gasteiger partial charge in [0.1, 0.15) is 0 Å². The van der Waals surface area contributed by atoms with Gasteiger partial charge in [0.15, 0.2) is 0 Å². The Morgan fingerprint density at radius 1 is 1.25 bits per heavy atom. The fourth-order valence-electron chi connectivity index (χ4n) is 1.65. The molecule has 0 aliphatic heterocycles. The molecule has 2 rings (SSSR count). The summed E-state index contributed by atoms with van der Waals surface area (Å²) in [5.74, 6) is -0.625. The Hall–Kier alpha value is -2.63. The van der Waals surface area contributed by atoms with Crippen LogP contribution in [0.4, 0.5) is 5.69 Å². The number of nitrogens with one attached hydrogen (secondary N) is 1. The van der Waals surface area contributed by atoms with E-state index in [1.165, 1.54) is 6.20 Å². The molecule has 0 aliphatic carbocycles. The van der Waals surface area contributed by atoms with E-state index in [9.17, 15) is 9.59 Å². The summed E-state index contributed by atoms with van der Waals surface area (Å²) in [4.78, 5) is 23.4. The van der Waals surface area contributed by atoms with E-state index in [1.807, 2.05) is 0 Å². The van der Waals surface area contributed by atoms with Gasteiger partial charge in [0.05, 0.1) is 23.9 Å². The van der Waals surface area contributed by atoms with Crippen molar-refractivity contribution < 1.29 is 14.3 Å². The van der Waals surface area contributed by atoms with Crippen molar-refractivity contribution in [1.82, 2.24) is 9.78 Å². The number of benzene rings is 1. The molecule has 0 saturated heterocycles. The van der Waals surface area contributed by atoms with Crippen LogP contribution in [0.5, 0.6) is 0 Å². The van der Waals surface area contributed by atoms with Gasteiger partial charge < -0.3 is 10.1 Å². The topological polar surface area (TPSA) is 73.2 Å². The molecule has 6 heteroatoms. The fraction of sp³-hybridized carbons (Fsp3) is 0.214. The van der Waals surface area contributed by atoms with Gasteiger partial charge in [-0.2, -0.15) is 5.10 Å². The molecule has 1 N–H and O–H groups in total. The summed E-state index contributed by atoms with van der Waals surface area (Å²) < 4.78 is 6.44. The van der Waals surface area contributed by atoms with Crippen molar-refractivity contribution in [1.29, 1.82) is 0 Å². The third kappa shape index (κ3) is 3.23. The molecule has 2 aromatic rings. The lowest BCUT2D eigenvalue weighted by atomic mass is 10.2. The summed E-state index contributed by atoms with van der Waals surface area (Å²) in [7, 11) is 1.74. The summed E-state index contributed by atoms with van der Waals surface area (Å²) in [5, 5.41) is 6.66. The first-order valence-corrected chi connectivity index (χ1v) is 6.17. The van der Waals surface area contributed by atoms with Gasteiger partial charge in [0.2, 0.25) is 0 Å². The van der Waals surface area contributed by atoms with Crippen LogP contribution in [0.3, 0.4) is 0 Å². The van der Waals surface area contributed by atoms with E-state index in [1.54, 1.807) is 49.1 Å². The first kappa shape index (κ1) is 13.8. The number of amides is 1. The fourth-order valence-corrected chi connectivity index (χ4v) is 1.65. The summed E-state index contributed by atoms with van der Waals surface area (Å²) >= 11 is 0. The standard InChI is InChI=1S/C14H15N3O3/c1-3-20-14(19)10-4-6-12(7-5-10)16-13(18)11-8-15-17(2)9-11/h4-9H,3H2,1-2H3,(H,16,18). The number of ether oxygens (including phenoxy) is 1. The second kappa shape index (κ2) is 6.01. The highest BCUT2D eigenvalue weighted by Crippen LogP contribution is 2.12. The van der Waals surface area contributed by atoms with Crippen LogP contribution in [-0.4, -0.2) is 28.3 Å². The molecule has 0 spiro atoms. The lowest BCUT2D eigenvalue weighted by Gasteiger charge is -2.05. The van der Waals surface area contributed by atoms with Crippen molar-refractivity contribution >= 4 is 17.6 Å². The van der Waals surface area contributed by atoms with Crippen molar-refractivity contribution in [3.05, 3.63) is 47.8 Å². The number of nitrogens with zero attached hydrogens (tertiary/aromatic N) is 2. The molecule has 1 heterocycles. The Labute approximate surface area is 116 Å². The van der Waals surface area contributed by atoms with Crippen LogP contribution in [0.15, 0.2) is 36.7 Å². The number of esters is 1. The predicted octanol–water partition coefficient (Wildman–Crippen LogP) is 1.85. The third-order valence-electron chi connectivity index (χ3n) is 2.62. The first-order valence-electron chi connectivity index (χ1n) is 6.17. The number of hydrogen-bond donors (Lipinski definition) is 1. The highest BCUT2D eigenvalue weighted by atomic mass is 16.5. The number of carbonyl (C=O) groups excluding carboxylic acids is 2. The van der Waals surface area contributed by atoms with E-state index in [2.05, 4.69) is 10.4 Å². The van der Waals surface area contributed by atoms with Crippen molar-refractivity contribution in [3.8, 4) is 0 Å². The Balaban J connectivity index is 2.04. The zero-order chi connectivity index (χ0) is 14.5. The summed E-state index contributed by atoms with van der Waals surface area (Å²) in [5.41, 5.74) is 1.53. The van der Waals surface area contributed by atoms with E-state index in [4.69, 9.17) is 4.74 Å². The normalized spacial score (nSPS) is 10.1. The van der Waals surface area contributed by atoms with Gasteiger partial charge in [-0.25, -0.2) is 4.79 Å². The smallest absolute Gasteiger partial charge is 0.338 e. The average Bonchev–Trinajstić information content (AvgIpc) is 2.86. The zero-order valence-electron chi connectivity index (χ0n) is 11.3. The van der Waals surface area contributed by atoms with Gasteiger partial charge in [0, 0.05) is 18.9 Å². The molecule has 1 aromatic heterocycles. The Morgan fingerprint density at radius 3 is 2.50 bits per heavy atom. The largest absolute Gasteiger partial charge is 0.462 e. The molecule has 0 atom stereocenters. The van der Waals surface area contributed by atoms with Crippen LogP contribution in [-0.2, 0) is 11.8 Å². The lowest BCUT2D eigenvalue weighted by molar-refractivity contribution is 0.0526. The van der Waals surface area contributed by atoms with E-state index in [0.717, 1.165) is 0 Å². The Morgan fingerprint density at radius 2 is 1.95 bits per heavy atom. The van der Waals surface area contributed by atoms with Crippen LogP contribution in [0.25, 0.3) is 0 Å². The van der Waals surface area contributed by atoms with Crippen molar-refractivity contribution in [2.24, 2.45) is 7.05 Å². The minimum absolute atomic E-state index is 0.248. The van der Waals surface area contributed by atoms with Gasteiger partial charge >= 0.3 is 5.97 Å². The van der Waals surface area contributed by atoms with E-state index in [0.29, 0.717) is 23.4 Å². The monoisotopic (exact) mass is 273 g/mol.